The molecule has 0 atom stereocenters. The van der Waals surface area contributed by atoms with E-state index in [0.29, 0.717) is 24.3 Å². The van der Waals surface area contributed by atoms with Gasteiger partial charge in [-0.1, -0.05) is 75.2 Å². The Bertz CT molecular complexity index is 995. The van der Waals surface area contributed by atoms with Crippen molar-refractivity contribution in [3.63, 3.8) is 0 Å². The first-order chi connectivity index (χ1) is 16.4. The minimum absolute atomic E-state index is 0.123. The zero-order chi connectivity index (χ0) is 24.8. The van der Waals surface area contributed by atoms with Gasteiger partial charge in [-0.15, -0.1) is 0 Å². The largest absolute Gasteiger partial charge is 0.504 e. The summed E-state index contributed by atoms with van der Waals surface area (Å²) in [5, 5.41) is 11.1. The van der Waals surface area contributed by atoms with Crippen LogP contribution < -0.4 is 15.1 Å². The van der Waals surface area contributed by atoms with E-state index in [9.17, 15) is 9.90 Å². The number of hydrogen-bond donors (Lipinski definition) is 1. The summed E-state index contributed by atoms with van der Waals surface area (Å²) < 4.78 is 17.0. The molecule has 0 aliphatic heterocycles. The van der Waals surface area contributed by atoms with Crippen molar-refractivity contribution in [1.29, 1.82) is 0 Å². The van der Waals surface area contributed by atoms with Gasteiger partial charge < -0.3 is 19.0 Å². The lowest BCUT2D eigenvalue weighted by Gasteiger charge is -2.11. The first-order valence-corrected chi connectivity index (χ1v) is 12.8. The molecule has 34 heavy (non-hydrogen) atoms. The zero-order valence-corrected chi connectivity index (χ0v) is 21.5. The van der Waals surface area contributed by atoms with E-state index in [-0.39, 0.29) is 17.1 Å². The van der Waals surface area contributed by atoms with E-state index in [2.05, 4.69) is 33.8 Å². The van der Waals surface area contributed by atoms with Gasteiger partial charge in [-0.25, -0.2) is 4.79 Å². The molecule has 0 amide bonds. The molecule has 0 spiro atoms. The van der Waals surface area contributed by atoms with E-state index in [1.54, 1.807) is 18.2 Å². The first kappa shape index (κ1) is 27.6. The molecule has 0 bridgehead atoms. The van der Waals surface area contributed by atoms with Crippen LogP contribution in [0.4, 0.5) is 0 Å². The number of benzene rings is 1. The molecule has 0 aliphatic rings. The van der Waals surface area contributed by atoms with Gasteiger partial charge in [0.2, 0.25) is 5.75 Å². The fourth-order valence-corrected chi connectivity index (χ4v) is 3.78. The van der Waals surface area contributed by atoms with Gasteiger partial charge in [0.1, 0.15) is 6.61 Å². The summed E-state index contributed by atoms with van der Waals surface area (Å²) in [6, 6.07) is 5.20. The van der Waals surface area contributed by atoms with Gasteiger partial charge in [0.15, 0.2) is 17.1 Å². The second-order valence-corrected chi connectivity index (χ2v) is 9.21. The molecule has 1 N–H and O–H groups in total. The summed E-state index contributed by atoms with van der Waals surface area (Å²) in [5.41, 5.74) is 2.10. The SMILES string of the molecule is CCCCCCCCCCOc1c(O)c2cccc(OC/C=C(\C)CCC=C(C)C)c2oc1=O. The maximum Gasteiger partial charge on any atom is 0.383 e. The summed E-state index contributed by atoms with van der Waals surface area (Å²) >= 11 is 0. The lowest BCUT2D eigenvalue weighted by atomic mass is 10.1. The van der Waals surface area contributed by atoms with Crippen molar-refractivity contribution in [3.05, 3.63) is 51.9 Å². The van der Waals surface area contributed by atoms with Crippen LogP contribution in [-0.4, -0.2) is 18.3 Å². The van der Waals surface area contributed by atoms with E-state index < -0.39 is 5.63 Å². The summed E-state index contributed by atoms with van der Waals surface area (Å²) in [6.45, 7) is 9.23. The number of allylic oxidation sites excluding steroid dienone is 3. The van der Waals surface area contributed by atoms with Crippen LogP contribution in [0.5, 0.6) is 17.2 Å². The van der Waals surface area contributed by atoms with Crippen LogP contribution in [0.3, 0.4) is 0 Å². The number of fused-ring (bicyclic) bond motifs is 1. The highest BCUT2D eigenvalue weighted by atomic mass is 16.5. The minimum Gasteiger partial charge on any atom is -0.504 e. The quantitative estimate of drug-likeness (QED) is 0.152. The van der Waals surface area contributed by atoms with Crippen LogP contribution in [0.15, 0.2) is 50.7 Å². The van der Waals surface area contributed by atoms with Crippen molar-refractivity contribution in [3.8, 4) is 17.2 Å². The molecule has 2 rings (SSSR count). The van der Waals surface area contributed by atoms with Gasteiger partial charge in [-0.2, -0.15) is 0 Å². The Morgan fingerprint density at radius 3 is 2.38 bits per heavy atom. The van der Waals surface area contributed by atoms with Gasteiger partial charge in [-0.3, -0.25) is 0 Å². The van der Waals surface area contributed by atoms with E-state index in [1.807, 2.05) is 6.08 Å². The Labute approximate surface area is 204 Å². The van der Waals surface area contributed by atoms with Crippen LogP contribution in [0.1, 0.15) is 91.9 Å². The number of unbranched alkanes of at least 4 members (excludes halogenated alkanes) is 7. The molecule has 1 aromatic heterocycles. The van der Waals surface area contributed by atoms with Crippen molar-refractivity contribution < 1.29 is 19.0 Å². The third-order valence-electron chi connectivity index (χ3n) is 5.84. The van der Waals surface area contributed by atoms with E-state index in [1.165, 1.54) is 43.3 Å². The van der Waals surface area contributed by atoms with Crippen molar-refractivity contribution >= 4 is 11.0 Å². The van der Waals surface area contributed by atoms with Crippen molar-refractivity contribution in [1.82, 2.24) is 0 Å². The number of aromatic hydroxyl groups is 1. The van der Waals surface area contributed by atoms with Gasteiger partial charge in [0.25, 0.3) is 0 Å². The fourth-order valence-electron chi connectivity index (χ4n) is 3.78. The topological polar surface area (TPSA) is 68.9 Å². The van der Waals surface area contributed by atoms with Crippen LogP contribution in [-0.2, 0) is 0 Å². The minimum atomic E-state index is -0.686. The molecule has 0 radical (unpaired) electrons. The highest BCUT2D eigenvalue weighted by molar-refractivity contribution is 5.89. The molecule has 2 aromatic rings. The molecule has 5 nitrogen and oxygen atoms in total. The Kier molecular flexibility index (Phi) is 12.4. The number of para-hydroxylation sites is 1. The molecule has 1 aromatic carbocycles. The van der Waals surface area contributed by atoms with Crippen molar-refractivity contribution in [2.45, 2.75) is 91.9 Å². The molecular weight excluding hydrogens is 428 g/mol. The predicted molar refractivity (Wildman–Crippen MR) is 140 cm³/mol. The summed E-state index contributed by atoms with van der Waals surface area (Å²) in [4.78, 5) is 12.5. The molecule has 0 fully saturated rings. The maximum atomic E-state index is 12.5. The smallest absolute Gasteiger partial charge is 0.383 e. The number of rotatable bonds is 16. The second kappa shape index (κ2) is 15.3. The molecule has 1 heterocycles. The lowest BCUT2D eigenvalue weighted by molar-refractivity contribution is 0.274. The summed E-state index contributed by atoms with van der Waals surface area (Å²) in [7, 11) is 0. The zero-order valence-electron chi connectivity index (χ0n) is 21.5. The molecular formula is C29H42O5. The maximum absolute atomic E-state index is 12.5. The normalized spacial score (nSPS) is 11.6. The Morgan fingerprint density at radius 2 is 1.68 bits per heavy atom. The third-order valence-corrected chi connectivity index (χ3v) is 5.84. The van der Waals surface area contributed by atoms with E-state index in [4.69, 9.17) is 13.9 Å². The first-order valence-electron chi connectivity index (χ1n) is 12.8. The van der Waals surface area contributed by atoms with Crippen molar-refractivity contribution in [2.24, 2.45) is 0 Å². The van der Waals surface area contributed by atoms with Gasteiger partial charge in [-0.05, 0) is 58.2 Å². The molecule has 0 saturated heterocycles. The average molecular weight is 471 g/mol. The van der Waals surface area contributed by atoms with Gasteiger partial charge in [0.05, 0.1) is 12.0 Å². The Balaban J connectivity index is 1.93. The summed E-state index contributed by atoms with van der Waals surface area (Å²) in [5.74, 6) is 0.111. The van der Waals surface area contributed by atoms with Gasteiger partial charge in [0, 0.05) is 0 Å². The van der Waals surface area contributed by atoms with E-state index >= 15 is 0 Å². The van der Waals surface area contributed by atoms with Crippen molar-refractivity contribution in [2.75, 3.05) is 13.2 Å². The van der Waals surface area contributed by atoms with Crippen LogP contribution in [0.25, 0.3) is 11.0 Å². The molecule has 5 heteroatoms. The molecule has 188 valence electrons. The lowest BCUT2D eigenvalue weighted by Crippen LogP contribution is -2.09. The highest BCUT2D eigenvalue weighted by Gasteiger charge is 2.18. The predicted octanol–water partition coefficient (Wildman–Crippen LogP) is 8.09. The Morgan fingerprint density at radius 1 is 0.971 bits per heavy atom. The fraction of sp³-hybridized carbons (Fsp3) is 0.552. The van der Waals surface area contributed by atoms with E-state index in [0.717, 1.165) is 32.1 Å². The number of ether oxygens (including phenoxy) is 2. The molecule has 0 aliphatic carbocycles. The second-order valence-electron chi connectivity index (χ2n) is 9.21. The van der Waals surface area contributed by atoms with Gasteiger partial charge >= 0.3 is 5.63 Å². The highest BCUT2D eigenvalue weighted by Crippen LogP contribution is 2.35. The molecule has 0 unspecified atom stereocenters. The molecule has 0 saturated carbocycles. The van der Waals surface area contributed by atoms with Crippen LogP contribution in [0.2, 0.25) is 0 Å². The average Bonchev–Trinajstić information content (AvgIpc) is 2.80. The standard InChI is InChI=1S/C29H42O5/c1-5-6-7-8-9-10-11-12-20-33-28-26(30)24-17-14-18-25(27(24)34-29(28)31)32-21-19-23(4)16-13-15-22(2)3/h14-15,17-19,30H,5-13,16,20-21H2,1-4H3/b23-19+. The monoisotopic (exact) mass is 470 g/mol. The van der Waals surface area contributed by atoms with Crippen LogP contribution >= 0.6 is 0 Å². The Hall–Kier alpha value is -2.69. The third kappa shape index (κ3) is 9.28. The number of hydrogen-bond acceptors (Lipinski definition) is 5. The van der Waals surface area contributed by atoms with Crippen LogP contribution in [0, 0.1) is 0 Å². The summed E-state index contributed by atoms with van der Waals surface area (Å²) in [6.07, 6.45) is 15.6.